The van der Waals surface area contributed by atoms with E-state index in [0.717, 1.165) is 17.1 Å². The van der Waals surface area contributed by atoms with Gasteiger partial charge in [-0.1, -0.05) is 11.6 Å². The van der Waals surface area contributed by atoms with Crippen molar-refractivity contribution >= 4 is 11.6 Å². The molecule has 0 bridgehead atoms. The van der Waals surface area contributed by atoms with Crippen molar-refractivity contribution in [3.05, 3.63) is 46.4 Å². The van der Waals surface area contributed by atoms with Crippen LogP contribution >= 0.6 is 11.6 Å². The lowest BCUT2D eigenvalue weighted by Crippen LogP contribution is -2.12. The molecule has 1 heterocycles. The molecule has 1 aromatic heterocycles. The van der Waals surface area contributed by atoms with Crippen molar-refractivity contribution in [3.8, 4) is 11.5 Å². The maximum atomic E-state index is 6.22. The van der Waals surface area contributed by atoms with Gasteiger partial charge in [0.15, 0.2) is 11.5 Å². The van der Waals surface area contributed by atoms with E-state index in [1.807, 2.05) is 25.1 Å². The summed E-state index contributed by atoms with van der Waals surface area (Å²) in [6.07, 6.45) is 0. The molecule has 2 aromatic rings. The van der Waals surface area contributed by atoms with Gasteiger partial charge in [-0.3, -0.25) is 0 Å². The van der Waals surface area contributed by atoms with Gasteiger partial charge < -0.3 is 19.2 Å². The number of halogens is 1. The number of benzene rings is 1. The zero-order valence-corrected chi connectivity index (χ0v) is 12.6. The zero-order valence-electron chi connectivity index (χ0n) is 11.8. The Hall–Kier alpha value is -1.65. The largest absolute Gasteiger partial charge is 0.493 e. The van der Waals surface area contributed by atoms with Gasteiger partial charge in [-0.15, -0.1) is 0 Å². The summed E-state index contributed by atoms with van der Waals surface area (Å²) in [7, 11) is 3.19. The van der Waals surface area contributed by atoms with Gasteiger partial charge in [-0.05, 0) is 30.7 Å². The molecule has 5 heteroatoms. The second-order valence-electron chi connectivity index (χ2n) is 4.41. The Balaban J connectivity index is 2.02. The number of aryl methyl sites for hydroxylation is 1. The first-order valence-corrected chi connectivity index (χ1v) is 6.68. The summed E-state index contributed by atoms with van der Waals surface area (Å²) < 4.78 is 16.0. The Bertz CT molecular complexity index is 580. The van der Waals surface area contributed by atoms with Crippen molar-refractivity contribution in [1.29, 1.82) is 0 Å². The van der Waals surface area contributed by atoms with Gasteiger partial charge in [0, 0.05) is 17.6 Å². The Kier molecular flexibility index (Phi) is 4.93. The molecule has 2 rings (SSSR count). The summed E-state index contributed by atoms with van der Waals surface area (Å²) in [4.78, 5) is 0. The third-order valence-electron chi connectivity index (χ3n) is 2.96. The minimum absolute atomic E-state index is 0.624. The van der Waals surface area contributed by atoms with E-state index in [9.17, 15) is 0 Å². The van der Waals surface area contributed by atoms with E-state index in [2.05, 4.69) is 5.32 Å². The van der Waals surface area contributed by atoms with E-state index in [1.165, 1.54) is 0 Å². The smallest absolute Gasteiger partial charge is 0.162 e. The summed E-state index contributed by atoms with van der Waals surface area (Å²) in [6, 6.07) is 7.54. The van der Waals surface area contributed by atoms with E-state index in [4.69, 9.17) is 25.5 Å². The van der Waals surface area contributed by atoms with Crippen molar-refractivity contribution in [2.24, 2.45) is 0 Å². The zero-order chi connectivity index (χ0) is 14.5. The van der Waals surface area contributed by atoms with Gasteiger partial charge in [0.1, 0.15) is 11.5 Å². The standard InChI is InChI=1S/C15H18ClNO3/c1-10-4-5-12(20-10)9-17-8-11-6-14(18-2)15(19-3)7-13(11)16/h4-7,17H,8-9H2,1-3H3. The fraction of sp³-hybridized carbons (Fsp3) is 0.333. The molecule has 0 spiro atoms. The number of hydrogen-bond acceptors (Lipinski definition) is 4. The summed E-state index contributed by atoms with van der Waals surface area (Å²) in [6.45, 7) is 3.20. The molecule has 0 radical (unpaired) electrons. The van der Waals surface area contributed by atoms with Gasteiger partial charge in [-0.25, -0.2) is 0 Å². The molecular formula is C15H18ClNO3. The first-order chi connectivity index (χ1) is 9.63. The molecule has 20 heavy (non-hydrogen) atoms. The molecule has 1 aromatic carbocycles. The summed E-state index contributed by atoms with van der Waals surface area (Å²) in [5, 5.41) is 3.93. The van der Waals surface area contributed by atoms with Crippen molar-refractivity contribution in [2.45, 2.75) is 20.0 Å². The first-order valence-electron chi connectivity index (χ1n) is 6.30. The number of methoxy groups -OCH3 is 2. The van der Waals surface area contributed by atoms with Gasteiger partial charge >= 0.3 is 0 Å². The van der Waals surface area contributed by atoms with E-state index >= 15 is 0 Å². The summed E-state index contributed by atoms with van der Waals surface area (Å²) in [5.41, 5.74) is 0.951. The van der Waals surface area contributed by atoms with Gasteiger partial charge in [0.05, 0.1) is 20.8 Å². The fourth-order valence-corrected chi connectivity index (χ4v) is 2.15. The SMILES string of the molecule is COc1cc(Cl)c(CNCc2ccc(C)o2)cc1OC. The van der Waals surface area contributed by atoms with Crippen LogP contribution in [-0.2, 0) is 13.1 Å². The molecule has 0 saturated heterocycles. The van der Waals surface area contributed by atoms with Gasteiger partial charge in [-0.2, -0.15) is 0 Å². The van der Waals surface area contributed by atoms with Crippen LogP contribution in [0.4, 0.5) is 0 Å². The minimum atomic E-state index is 0.624. The van der Waals surface area contributed by atoms with Crippen LogP contribution in [0.1, 0.15) is 17.1 Å². The van der Waals surface area contributed by atoms with Crippen LogP contribution in [0.2, 0.25) is 5.02 Å². The molecule has 0 aliphatic carbocycles. The molecule has 0 unspecified atom stereocenters. The van der Waals surface area contributed by atoms with Crippen LogP contribution < -0.4 is 14.8 Å². The van der Waals surface area contributed by atoms with Gasteiger partial charge in [0.2, 0.25) is 0 Å². The second kappa shape index (κ2) is 6.68. The number of furan rings is 1. The van der Waals surface area contributed by atoms with Crippen LogP contribution in [0.25, 0.3) is 0 Å². The first kappa shape index (κ1) is 14.8. The molecule has 1 N–H and O–H groups in total. The van der Waals surface area contributed by atoms with Crippen LogP contribution in [0, 0.1) is 6.92 Å². The van der Waals surface area contributed by atoms with Crippen LogP contribution in [0.5, 0.6) is 11.5 Å². The monoisotopic (exact) mass is 295 g/mol. The predicted octanol–water partition coefficient (Wildman–Crippen LogP) is 3.55. The molecule has 0 aliphatic heterocycles. The molecule has 0 aliphatic rings. The number of ether oxygens (including phenoxy) is 2. The Morgan fingerprint density at radius 3 is 2.40 bits per heavy atom. The van der Waals surface area contributed by atoms with E-state index in [-0.39, 0.29) is 0 Å². The van der Waals surface area contributed by atoms with Crippen molar-refractivity contribution < 1.29 is 13.9 Å². The molecular weight excluding hydrogens is 278 g/mol. The molecule has 0 atom stereocenters. The van der Waals surface area contributed by atoms with E-state index in [1.54, 1.807) is 20.3 Å². The molecule has 0 fully saturated rings. The summed E-state index contributed by atoms with van der Waals surface area (Å²) >= 11 is 6.22. The Morgan fingerprint density at radius 1 is 1.10 bits per heavy atom. The predicted molar refractivity (Wildman–Crippen MR) is 78.5 cm³/mol. The normalized spacial score (nSPS) is 10.6. The second-order valence-corrected chi connectivity index (χ2v) is 4.82. The maximum absolute atomic E-state index is 6.22. The maximum Gasteiger partial charge on any atom is 0.162 e. The van der Waals surface area contributed by atoms with E-state index < -0.39 is 0 Å². The van der Waals surface area contributed by atoms with Gasteiger partial charge in [0.25, 0.3) is 0 Å². The lowest BCUT2D eigenvalue weighted by Gasteiger charge is -2.12. The molecule has 4 nitrogen and oxygen atoms in total. The molecule has 0 amide bonds. The summed E-state index contributed by atoms with van der Waals surface area (Å²) in [5.74, 6) is 3.11. The number of nitrogens with one attached hydrogen (secondary N) is 1. The number of hydrogen-bond donors (Lipinski definition) is 1. The average molecular weight is 296 g/mol. The molecule has 108 valence electrons. The highest BCUT2D eigenvalue weighted by atomic mass is 35.5. The third kappa shape index (κ3) is 3.46. The topological polar surface area (TPSA) is 43.6 Å². The van der Waals surface area contributed by atoms with Crippen molar-refractivity contribution in [2.75, 3.05) is 14.2 Å². The third-order valence-corrected chi connectivity index (χ3v) is 3.32. The Labute approximate surface area is 123 Å². The van der Waals surface area contributed by atoms with Crippen LogP contribution in [0.3, 0.4) is 0 Å². The highest BCUT2D eigenvalue weighted by molar-refractivity contribution is 6.31. The van der Waals surface area contributed by atoms with Crippen molar-refractivity contribution in [3.63, 3.8) is 0 Å². The lowest BCUT2D eigenvalue weighted by atomic mass is 10.2. The number of rotatable bonds is 6. The van der Waals surface area contributed by atoms with E-state index in [0.29, 0.717) is 29.6 Å². The fourth-order valence-electron chi connectivity index (χ4n) is 1.93. The average Bonchev–Trinajstić information content (AvgIpc) is 2.85. The highest BCUT2D eigenvalue weighted by Crippen LogP contribution is 2.32. The molecule has 0 saturated carbocycles. The lowest BCUT2D eigenvalue weighted by molar-refractivity contribution is 0.354. The minimum Gasteiger partial charge on any atom is -0.493 e. The van der Waals surface area contributed by atoms with Crippen LogP contribution in [-0.4, -0.2) is 14.2 Å². The highest BCUT2D eigenvalue weighted by Gasteiger charge is 2.09. The van der Waals surface area contributed by atoms with Crippen molar-refractivity contribution in [1.82, 2.24) is 5.32 Å². The van der Waals surface area contributed by atoms with Crippen LogP contribution in [0.15, 0.2) is 28.7 Å². The Morgan fingerprint density at radius 2 is 1.80 bits per heavy atom. The quantitative estimate of drug-likeness (QED) is 0.885.